The third kappa shape index (κ3) is 3.59. The molecule has 8 heteroatoms. The number of nitrogens with zero attached hydrogens (tertiary/aromatic N) is 3. The van der Waals surface area contributed by atoms with Crippen LogP contribution >= 0.6 is 0 Å². The number of oxazole rings is 1. The van der Waals surface area contributed by atoms with Crippen molar-refractivity contribution in [3.8, 4) is 0 Å². The number of aliphatic hydroxyl groups is 1. The van der Waals surface area contributed by atoms with E-state index in [2.05, 4.69) is 11.8 Å². The lowest BCUT2D eigenvalue weighted by Gasteiger charge is -2.39. The second-order valence-electron chi connectivity index (χ2n) is 6.64. The molecule has 0 saturated carbocycles. The summed E-state index contributed by atoms with van der Waals surface area (Å²) in [5.74, 6) is -0.499. The number of hydrogen-bond donors (Lipinski definition) is 1. The molecule has 0 aliphatic carbocycles. The number of nitro groups is 1. The van der Waals surface area contributed by atoms with Crippen LogP contribution in [0.2, 0.25) is 0 Å². The molecule has 25 heavy (non-hydrogen) atoms. The number of rotatable bonds is 6. The van der Waals surface area contributed by atoms with Crippen LogP contribution in [0.15, 0.2) is 27.4 Å². The number of non-ortho nitro benzene ring substituents is 1. The van der Waals surface area contributed by atoms with Crippen LogP contribution in [-0.4, -0.2) is 44.7 Å². The van der Waals surface area contributed by atoms with Gasteiger partial charge in [0.25, 0.3) is 5.69 Å². The number of aliphatic hydroxyl groups excluding tert-OH is 1. The van der Waals surface area contributed by atoms with Crippen molar-refractivity contribution in [2.24, 2.45) is 0 Å². The average molecular weight is 349 g/mol. The summed E-state index contributed by atoms with van der Waals surface area (Å²) in [4.78, 5) is 24.8. The Bertz CT molecular complexity index is 812. The molecule has 1 aromatic carbocycles. The number of aromatic nitrogens is 1. The van der Waals surface area contributed by atoms with Crippen LogP contribution in [-0.2, 0) is 6.54 Å². The number of benzene rings is 1. The lowest BCUT2D eigenvalue weighted by atomic mass is 9.96. The minimum absolute atomic E-state index is 0.0629. The van der Waals surface area contributed by atoms with Crippen LogP contribution in [0, 0.1) is 10.1 Å². The van der Waals surface area contributed by atoms with Crippen LogP contribution < -0.4 is 5.76 Å². The molecule has 0 amide bonds. The van der Waals surface area contributed by atoms with E-state index in [0.29, 0.717) is 30.1 Å². The Hall–Kier alpha value is -2.19. The van der Waals surface area contributed by atoms with E-state index in [1.165, 1.54) is 22.8 Å². The summed E-state index contributed by atoms with van der Waals surface area (Å²) in [6.45, 7) is 3.49. The predicted molar refractivity (Wildman–Crippen MR) is 92.6 cm³/mol. The number of hydrogen-bond acceptors (Lipinski definition) is 6. The zero-order valence-corrected chi connectivity index (χ0v) is 14.3. The van der Waals surface area contributed by atoms with E-state index in [1.54, 1.807) is 0 Å². The molecule has 1 N–H and O–H groups in total. The Morgan fingerprint density at radius 3 is 2.88 bits per heavy atom. The average Bonchev–Trinajstić information content (AvgIpc) is 2.91. The Morgan fingerprint density at radius 2 is 2.16 bits per heavy atom. The quantitative estimate of drug-likeness (QED) is 0.633. The van der Waals surface area contributed by atoms with Gasteiger partial charge in [0.2, 0.25) is 0 Å². The van der Waals surface area contributed by atoms with E-state index in [9.17, 15) is 20.0 Å². The monoisotopic (exact) mass is 349 g/mol. The van der Waals surface area contributed by atoms with Crippen molar-refractivity contribution in [2.75, 3.05) is 13.2 Å². The van der Waals surface area contributed by atoms with E-state index < -0.39 is 10.7 Å². The number of aryl methyl sites for hydroxylation is 1. The largest absolute Gasteiger partial charge is 0.419 e. The summed E-state index contributed by atoms with van der Waals surface area (Å²) >= 11 is 0. The second kappa shape index (κ2) is 7.37. The minimum atomic E-state index is -0.499. The van der Waals surface area contributed by atoms with Gasteiger partial charge < -0.3 is 9.52 Å². The topological polar surface area (TPSA) is 102 Å². The van der Waals surface area contributed by atoms with Crippen molar-refractivity contribution in [3.05, 3.63) is 38.9 Å². The standard InChI is InChI=1S/C17H23N3O5/c1-12-4-2-5-14(11-21)18(12)8-3-9-19-15-10-13(20(23)24)6-7-16(15)25-17(19)22/h6-7,10,12,14,21H,2-5,8-9,11H2,1H3. The number of fused-ring (bicyclic) bond motifs is 1. The van der Waals surface area contributed by atoms with Gasteiger partial charge >= 0.3 is 5.76 Å². The molecule has 0 spiro atoms. The highest BCUT2D eigenvalue weighted by molar-refractivity contribution is 5.75. The normalized spacial score (nSPS) is 21.7. The highest BCUT2D eigenvalue weighted by atomic mass is 16.6. The Morgan fingerprint density at radius 1 is 1.36 bits per heavy atom. The SMILES string of the molecule is CC1CCCC(CO)N1CCCn1c(=O)oc2ccc([N+](=O)[O-])cc21. The maximum atomic E-state index is 12.1. The molecule has 0 radical (unpaired) electrons. The predicted octanol–water partition coefficient (Wildman–Crippen LogP) is 2.13. The van der Waals surface area contributed by atoms with Crippen molar-refractivity contribution in [1.82, 2.24) is 9.47 Å². The first-order valence-corrected chi connectivity index (χ1v) is 8.65. The summed E-state index contributed by atoms with van der Waals surface area (Å²) < 4.78 is 6.62. The summed E-state index contributed by atoms with van der Waals surface area (Å²) in [6.07, 6.45) is 3.93. The van der Waals surface area contributed by atoms with Gasteiger partial charge in [0.05, 0.1) is 17.0 Å². The van der Waals surface area contributed by atoms with Gasteiger partial charge in [-0.1, -0.05) is 6.42 Å². The summed E-state index contributed by atoms with van der Waals surface area (Å²) in [7, 11) is 0. The minimum Gasteiger partial charge on any atom is -0.408 e. The van der Waals surface area contributed by atoms with Crippen LogP contribution in [0.1, 0.15) is 32.6 Å². The molecule has 1 aliphatic rings. The van der Waals surface area contributed by atoms with Crippen molar-refractivity contribution in [1.29, 1.82) is 0 Å². The van der Waals surface area contributed by atoms with Crippen molar-refractivity contribution >= 4 is 16.8 Å². The third-order valence-electron chi connectivity index (χ3n) is 5.06. The zero-order chi connectivity index (χ0) is 18.0. The molecule has 3 rings (SSSR count). The molecule has 1 fully saturated rings. The fourth-order valence-corrected chi connectivity index (χ4v) is 3.73. The smallest absolute Gasteiger partial charge is 0.408 e. The van der Waals surface area contributed by atoms with Crippen LogP contribution in [0.5, 0.6) is 0 Å². The van der Waals surface area contributed by atoms with E-state index in [0.717, 1.165) is 25.8 Å². The molecule has 2 aromatic rings. The lowest BCUT2D eigenvalue weighted by Crippen LogP contribution is -2.47. The Balaban J connectivity index is 1.74. The van der Waals surface area contributed by atoms with Crippen molar-refractivity contribution in [2.45, 2.75) is 51.2 Å². The molecule has 0 bridgehead atoms. The van der Waals surface area contributed by atoms with Gasteiger partial charge in [-0.15, -0.1) is 0 Å². The highest BCUT2D eigenvalue weighted by Gasteiger charge is 2.26. The Kier molecular flexibility index (Phi) is 5.19. The van der Waals surface area contributed by atoms with Gasteiger partial charge in [-0.05, 0) is 32.3 Å². The lowest BCUT2D eigenvalue weighted by molar-refractivity contribution is -0.384. The van der Waals surface area contributed by atoms with Gasteiger partial charge in [-0.25, -0.2) is 4.79 Å². The zero-order valence-electron chi connectivity index (χ0n) is 14.3. The van der Waals surface area contributed by atoms with Gasteiger partial charge in [0.1, 0.15) is 0 Å². The second-order valence-corrected chi connectivity index (χ2v) is 6.64. The van der Waals surface area contributed by atoms with E-state index >= 15 is 0 Å². The van der Waals surface area contributed by atoms with E-state index in [4.69, 9.17) is 4.42 Å². The molecule has 1 aromatic heterocycles. The van der Waals surface area contributed by atoms with Gasteiger partial charge in [-0.2, -0.15) is 0 Å². The summed E-state index contributed by atoms with van der Waals surface area (Å²) in [6, 6.07) is 4.74. The fourth-order valence-electron chi connectivity index (χ4n) is 3.73. The van der Waals surface area contributed by atoms with Crippen LogP contribution in [0.3, 0.4) is 0 Å². The van der Waals surface area contributed by atoms with E-state index in [-0.39, 0.29) is 18.3 Å². The molecule has 136 valence electrons. The van der Waals surface area contributed by atoms with Crippen molar-refractivity contribution in [3.63, 3.8) is 0 Å². The number of likely N-dealkylation sites (tertiary alicyclic amines) is 1. The highest BCUT2D eigenvalue weighted by Crippen LogP contribution is 2.23. The Labute approximate surface area is 144 Å². The molecule has 2 atom stereocenters. The first kappa shape index (κ1) is 17.6. The van der Waals surface area contributed by atoms with E-state index in [1.807, 2.05) is 0 Å². The van der Waals surface area contributed by atoms with Crippen molar-refractivity contribution < 1.29 is 14.4 Å². The number of nitro benzene ring substituents is 1. The first-order chi connectivity index (χ1) is 12.0. The van der Waals surface area contributed by atoms with Gasteiger partial charge in [0, 0.05) is 37.3 Å². The maximum absolute atomic E-state index is 12.1. The molecule has 2 heterocycles. The van der Waals surface area contributed by atoms with Gasteiger partial charge in [-0.3, -0.25) is 19.6 Å². The molecule has 1 saturated heterocycles. The summed E-state index contributed by atoms with van der Waals surface area (Å²) in [5.41, 5.74) is 0.742. The van der Waals surface area contributed by atoms with Crippen LogP contribution in [0.25, 0.3) is 11.1 Å². The van der Waals surface area contributed by atoms with Crippen LogP contribution in [0.4, 0.5) is 5.69 Å². The number of piperidine rings is 1. The molecule has 2 unspecified atom stereocenters. The molecule has 8 nitrogen and oxygen atoms in total. The first-order valence-electron chi connectivity index (χ1n) is 8.65. The van der Waals surface area contributed by atoms with Gasteiger partial charge in [0.15, 0.2) is 5.58 Å². The molecular formula is C17H23N3O5. The molecular weight excluding hydrogens is 326 g/mol. The summed E-state index contributed by atoms with van der Waals surface area (Å²) in [5, 5.41) is 20.5. The fraction of sp³-hybridized carbons (Fsp3) is 0.588. The maximum Gasteiger partial charge on any atom is 0.419 e. The third-order valence-corrected chi connectivity index (χ3v) is 5.06. The molecule has 1 aliphatic heterocycles.